The van der Waals surface area contributed by atoms with Gasteiger partial charge in [-0.3, -0.25) is 0 Å². The molecule has 298 valence electrons. The molecule has 0 saturated heterocycles. The smallest absolute Gasteiger partial charge is 0.166 e. The summed E-state index contributed by atoms with van der Waals surface area (Å²) in [6.45, 7) is 4.33. The normalized spacial score (nSPS) is 11.3. The predicted molar refractivity (Wildman–Crippen MR) is 257 cm³/mol. The lowest BCUT2D eigenvalue weighted by Crippen LogP contribution is -2.04. The third kappa shape index (κ3) is 7.13. The Morgan fingerprint density at radius 2 is 0.825 bits per heavy atom. The molecule has 0 aliphatic rings. The molecule has 0 atom stereocenters. The van der Waals surface area contributed by atoms with E-state index in [0.717, 1.165) is 77.8 Å². The number of hydrogen-bond acceptors (Lipinski definition) is 5. The van der Waals surface area contributed by atoms with Gasteiger partial charge in [-0.2, -0.15) is 0 Å². The van der Waals surface area contributed by atoms with Crippen LogP contribution in [-0.4, -0.2) is 29.5 Å². The van der Waals surface area contributed by atoms with E-state index in [1.165, 1.54) is 16.7 Å². The summed E-state index contributed by atoms with van der Waals surface area (Å²) >= 11 is 0. The second kappa shape index (κ2) is 15.9. The molecule has 63 heavy (non-hydrogen) atoms. The molecule has 0 saturated carbocycles. The van der Waals surface area contributed by atoms with Crippen molar-refractivity contribution in [3.05, 3.63) is 217 Å². The van der Waals surface area contributed by atoms with E-state index in [0.29, 0.717) is 23.3 Å². The van der Waals surface area contributed by atoms with Crippen LogP contribution in [0.1, 0.15) is 11.1 Å². The van der Waals surface area contributed by atoms with Gasteiger partial charge in [-0.1, -0.05) is 175 Å². The first-order valence-electron chi connectivity index (χ1n) is 21.2. The Labute approximate surface area is 365 Å². The Kier molecular flexibility index (Phi) is 9.51. The molecule has 6 heteroatoms. The third-order valence-corrected chi connectivity index (χ3v) is 11.7. The van der Waals surface area contributed by atoms with E-state index < -0.39 is 0 Å². The molecule has 0 aliphatic heterocycles. The minimum Gasteiger partial charge on any atom is -0.308 e. The van der Waals surface area contributed by atoms with Crippen molar-refractivity contribution in [2.75, 3.05) is 0 Å². The second-order valence-electron chi connectivity index (χ2n) is 15.9. The monoisotopic (exact) mass is 808 g/mol. The zero-order valence-corrected chi connectivity index (χ0v) is 34.8. The zero-order chi connectivity index (χ0) is 42.3. The van der Waals surface area contributed by atoms with Gasteiger partial charge in [0.15, 0.2) is 23.3 Å². The third-order valence-electron chi connectivity index (χ3n) is 11.7. The molecular formula is C57H40N6. The van der Waals surface area contributed by atoms with Crippen LogP contribution >= 0.6 is 0 Å². The maximum absolute atomic E-state index is 5.30. The Bertz CT molecular complexity index is 3340. The first-order valence-corrected chi connectivity index (χ1v) is 21.2. The topological polar surface area (TPSA) is 69.4 Å². The first kappa shape index (κ1) is 37.6. The summed E-state index contributed by atoms with van der Waals surface area (Å²) in [5.74, 6) is 2.31. The van der Waals surface area contributed by atoms with Gasteiger partial charge in [-0.15, -0.1) is 0 Å². The van der Waals surface area contributed by atoms with E-state index in [1.54, 1.807) is 0 Å². The Hall–Kier alpha value is -8.35. The summed E-state index contributed by atoms with van der Waals surface area (Å²) in [6, 6.07) is 71.4. The fourth-order valence-electron chi connectivity index (χ4n) is 8.60. The van der Waals surface area contributed by atoms with Crippen molar-refractivity contribution in [2.24, 2.45) is 0 Å². The molecule has 0 N–H and O–H groups in total. The van der Waals surface area contributed by atoms with Crippen molar-refractivity contribution >= 4 is 21.8 Å². The minimum atomic E-state index is 0.540. The van der Waals surface area contributed by atoms with E-state index in [2.05, 4.69) is 128 Å². The van der Waals surface area contributed by atoms with Crippen LogP contribution < -0.4 is 0 Å². The summed E-state index contributed by atoms with van der Waals surface area (Å²) in [7, 11) is 0. The highest BCUT2D eigenvalue weighted by atomic mass is 15.1. The van der Waals surface area contributed by atoms with Crippen molar-refractivity contribution < 1.29 is 0 Å². The van der Waals surface area contributed by atoms with Crippen molar-refractivity contribution in [1.29, 1.82) is 0 Å². The van der Waals surface area contributed by atoms with Crippen LogP contribution in [0, 0.1) is 13.8 Å². The largest absolute Gasteiger partial charge is 0.308 e. The van der Waals surface area contributed by atoms with E-state index in [1.807, 2.05) is 97.1 Å². The number of fused-ring (bicyclic) bond motifs is 3. The first-order chi connectivity index (χ1) is 31.0. The van der Waals surface area contributed by atoms with E-state index in [-0.39, 0.29) is 0 Å². The van der Waals surface area contributed by atoms with Crippen LogP contribution in [-0.2, 0) is 0 Å². The quantitative estimate of drug-likeness (QED) is 0.153. The Morgan fingerprint density at radius 1 is 0.317 bits per heavy atom. The molecule has 6 nitrogen and oxygen atoms in total. The zero-order valence-electron chi connectivity index (χ0n) is 34.8. The highest BCUT2D eigenvalue weighted by Gasteiger charge is 2.22. The fraction of sp³-hybridized carbons (Fsp3) is 0.0351. The molecule has 3 aromatic heterocycles. The number of benzene rings is 8. The van der Waals surface area contributed by atoms with Crippen LogP contribution in [0.3, 0.4) is 0 Å². The Morgan fingerprint density at radius 3 is 1.43 bits per heavy atom. The van der Waals surface area contributed by atoms with Crippen molar-refractivity contribution in [2.45, 2.75) is 13.8 Å². The number of aromatic nitrogens is 6. The molecule has 11 aromatic rings. The van der Waals surface area contributed by atoms with Crippen LogP contribution in [0.4, 0.5) is 0 Å². The van der Waals surface area contributed by atoms with Crippen LogP contribution in [0.15, 0.2) is 206 Å². The minimum absolute atomic E-state index is 0.540. The predicted octanol–water partition coefficient (Wildman–Crippen LogP) is 14.0. The second-order valence-corrected chi connectivity index (χ2v) is 15.9. The van der Waals surface area contributed by atoms with Gasteiger partial charge < -0.3 is 4.57 Å². The van der Waals surface area contributed by atoms with Crippen LogP contribution in [0.5, 0.6) is 0 Å². The molecule has 0 radical (unpaired) electrons. The van der Waals surface area contributed by atoms with Crippen molar-refractivity contribution in [3.63, 3.8) is 0 Å². The van der Waals surface area contributed by atoms with E-state index in [4.69, 9.17) is 24.9 Å². The maximum atomic E-state index is 5.30. The summed E-state index contributed by atoms with van der Waals surface area (Å²) in [5.41, 5.74) is 15.1. The molecule has 3 heterocycles. The maximum Gasteiger partial charge on any atom is 0.166 e. The molecule has 8 aromatic carbocycles. The van der Waals surface area contributed by atoms with Gasteiger partial charge in [0, 0.05) is 44.2 Å². The van der Waals surface area contributed by atoms with Gasteiger partial charge in [0.25, 0.3) is 0 Å². The number of nitrogens with zero attached hydrogens (tertiary/aromatic N) is 6. The van der Waals surface area contributed by atoms with Gasteiger partial charge in [0.1, 0.15) is 0 Å². The molecule has 0 amide bonds. The summed E-state index contributed by atoms with van der Waals surface area (Å²) in [5, 5.41) is 2.32. The number of rotatable bonds is 8. The lowest BCUT2D eigenvalue weighted by Gasteiger charge is -2.17. The summed E-state index contributed by atoms with van der Waals surface area (Å²) < 4.78 is 2.36. The van der Waals surface area contributed by atoms with Crippen molar-refractivity contribution in [3.8, 4) is 84.9 Å². The molecular weight excluding hydrogens is 769 g/mol. The molecule has 0 bridgehead atoms. The number of para-hydroxylation sites is 1. The summed E-state index contributed by atoms with van der Waals surface area (Å²) in [4.78, 5) is 26.2. The van der Waals surface area contributed by atoms with Crippen LogP contribution in [0.2, 0.25) is 0 Å². The van der Waals surface area contributed by atoms with Gasteiger partial charge in [0.05, 0.1) is 28.1 Å². The van der Waals surface area contributed by atoms with Gasteiger partial charge >= 0.3 is 0 Å². The van der Waals surface area contributed by atoms with Gasteiger partial charge in [-0.25, -0.2) is 24.9 Å². The highest BCUT2D eigenvalue weighted by Crippen LogP contribution is 2.40. The fourth-order valence-corrected chi connectivity index (χ4v) is 8.60. The highest BCUT2D eigenvalue weighted by molar-refractivity contribution is 6.10. The van der Waals surface area contributed by atoms with Gasteiger partial charge in [0.2, 0.25) is 0 Å². The van der Waals surface area contributed by atoms with Crippen LogP contribution in [0.25, 0.3) is 107 Å². The summed E-state index contributed by atoms with van der Waals surface area (Å²) in [6.07, 6.45) is 0. The number of hydrogen-bond donors (Lipinski definition) is 0. The van der Waals surface area contributed by atoms with Crippen molar-refractivity contribution in [1.82, 2.24) is 29.5 Å². The molecule has 0 spiro atoms. The van der Waals surface area contributed by atoms with E-state index >= 15 is 0 Å². The molecule has 0 aliphatic carbocycles. The lowest BCUT2D eigenvalue weighted by atomic mass is 9.97. The molecule has 0 unspecified atom stereocenters. The van der Waals surface area contributed by atoms with Gasteiger partial charge in [-0.05, 0) is 66.9 Å². The standard InChI is InChI=1S/C57H40N6/c1-37-27-30-45(38(2)33-37)43-28-31-47-46-25-15-16-26-51(46)63(53(47)35-43)52-32-29-44(56-58-49(39-17-7-3-8-18-39)36-50(59-56)40-19-9-4-10-20-40)34-48(52)57-61-54(41-21-11-5-12-22-41)60-55(62-57)42-23-13-6-14-24-42/h3-36H,1-2H3. The average molecular weight is 809 g/mol. The van der Waals surface area contributed by atoms with E-state index in [9.17, 15) is 0 Å². The molecule has 0 fully saturated rings. The average Bonchev–Trinajstić information content (AvgIpc) is 3.68. The number of aryl methyl sites for hydroxylation is 2. The molecule has 11 rings (SSSR count). The lowest BCUT2D eigenvalue weighted by molar-refractivity contribution is 1.06. The Balaban J connectivity index is 1.21. The SMILES string of the molecule is Cc1ccc(-c2ccc3c4ccccc4n(-c4ccc(-c5nc(-c6ccccc6)cc(-c6ccccc6)n5)cc4-c4nc(-c5ccccc5)nc(-c5ccccc5)n4)c3c2)c(C)c1.